The van der Waals surface area contributed by atoms with E-state index in [0.717, 1.165) is 25.3 Å². The molecule has 6 nitrogen and oxygen atoms in total. The zero-order valence-electron chi connectivity index (χ0n) is 10.0. The summed E-state index contributed by atoms with van der Waals surface area (Å²) >= 11 is 0. The van der Waals surface area contributed by atoms with Gasteiger partial charge in [0.25, 0.3) is 5.69 Å². The van der Waals surface area contributed by atoms with E-state index in [1.807, 2.05) is 0 Å². The lowest BCUT2D eigenvalue weighted by atomic mass is 10.0. The van der Waals surface area contributed by atoms with Gasteiger partial charge in [-0.25, -0.2) is 0 Å². The van der Waals surface area contributed by atoms with E-state index in [1.165, 1.54) is 12.5 Å². The number of nitro groups is 1. The minimum atomic E-state index is -0.441. The highest BCUT2D eigenvalue weighted by Crippen LogP contribution is 2.34. The minimum absolute atomic E-state index is 0.0148. The van der Waals surface area contributed by atoms with Gasteiger partial charge >= 0.3 is 0 Å². The van der Waals surface area contributed by atoms with Gasteiger partial charge in [-0.1, -0.05) is 0 Å². The van der Waals surface area contributed by atoms with Crippen molar-refractivity contribution in [3.8, 4) is 0 Å². The topological polar surface area (TPSA) is 84.4 Å². The molecule has 1 aromatic rings. The number of nitrogens with two attached hydrogens (primary N) is 1. The van der Waals surface area contributed by atoms with Gasteiger partial charge in [0.05, 0.1) is 4.92 Å². The van der Waals surface area contributed by atoms with Gasteiger partial charge < -0.3 is 16.0 Å². The SMILES string of the molecule is Nc1cc(N2CC[C@H]3CNC[C@H]32)ccc1[N+](=O)[O-]. The molecule has 0 bridgehead atoms. The number of hydrogen-bond acceptors (Lipinski definition) is 5. The molecule has 0 aromatic heterocycles. The van der Waals surface area contributed by atoms with Gasteiger partial charge in [0.1, 0.15) is 5.69 Å². The van der Waals surface area contributed by atoms with Crippen LogP contribution in [0.4, 0.5) is 17.1 Å². The van der Waals surface area contributed by atoms with Crippen molar-refractivity contribution in [3.63, 3.8) is 0 Å². The van der Waals surface area contributed by atoms with Gasteiger partial charge in [0, 0.05) is 37.4 Å². The highest BCUT2D eigenvalue weighted by molar-refractivity contribution is 5.67. The zero-order chi connectivity index (χ0) is 12.7. The molecule has 2 saturated heterocycles. The summed E-state index contributed by atoms with van der Waals surface area (Å²) in [5.41, 5.74) is 6.97. The average molecular weight is 248 g/mol. The minimum Gasteiger partial charge on any atom is -0.393 e. The number of rotatable bonds is 2. The van der Waals surface area contributed by atoms with Gasteiger partial charge in [-0.3, -0.25) is 10.1 Å². The smallest absolute Gasteiger partial charge is 0.292 e. The van der Waals surface area contributed by atoms with Gasteiger partial charge in [-0.15, -0.1) is 0 Å². The van der Waals surface area contributed by atoms with Crippen LogP contribution in [0.25, 0.3) is 0 Å². The molecule has 3 N–H and O–H groups in total. The molecule has 3 rings (SSSR count). The molecule has 2 aliphatic rings. The van der Waals surface area contributed by atoms with Gasteiger partial charge in [-0.2, -0.15) is 0 Å². The van der Waals surface area contributed by atoms with Crippen molar-refractivity contribution < 1.29 is 4.92 Å². The van der Waals surface area contributed by atoms with Crippen LogP contribution < -0.4 is 16.0 Å². The standard InChI is InChI=1S/C12H16N4O2/c13-10-5-9(1-2-11(10)16(17)18)15-4-3-8-6-14-7-12(8)15/h1-2,5,8,12,14H,3-4,6-7,13H2/t8-,12+/m0/s1. The first-order valence-corrected chi connectivity index (χ1v) is 6.18. The van der Waals surface area contributed by atoms with Crippen LogP contribution in [0.3, 0.4) is 0 Å². The Morgan fingerprint density at radius 3 is 3.00 bits per heavy atom. The van der Waals surface area contributed by atoms with Crippen molar-refractivity contribution in [2.45, 2.75) is 12.5 Å². The molecule has 2 heterocycles. The maximum atomic E-state index is 10.7. The summed E-state index contributed by atoms with van der Waals surface area (Å²) in [4.78, 5) is 12.6. The van der Waals surface area contributed by atoms with Crippen LogP contribution in [-0.2, 0) is 0 Å². The van der Waals surface area contributed by atoms with E-state index in [9.17, 15) is 10.1 Å². The van der Waals surface area contributed by atoms with E-state index < -0.39 is 4.92 Å². The van der Waals surface area contributed by atoms with Crippen LogP contribution in [0.15, 0.2) is 18.2 Å². The summed E-state index contributed by atoms with van der Waals surface area (Å²) in [7, 11) is 0. The van der Waals surface area contributed by atoms with Gasteiger partial charge in [0.2, 0.25) is 0 Å². The molecular weight excluding hydrogens is 232 g/mol. The Morgan fingerprint density at radius 2 is 2.28 bits per heavy atom. The fraction of sp³-hybridized carbons (Fsp3) is 0.500. The van der Waals surface area contributed by atoms with E-state index in [1.54, 1.807) is 12.1 Å². The first-order valence-electron chi connectivity index (χ1n) is 6.18. The Kier molecular flexibility index (Phi) is 2.59. The van der Waals surface area contributed by atoms with Crippen LogP contribution >= 0.6 is 0 Å². The van der Waals surface area contributed by atoms with Crippen molar-refractivity contribution in [3.05, 3.63) is 28.3 Å². The number of nitrogen functional groups attached to an aromatic ring is 1. The molecular formula is C12H16N4O2. The molecule has 2 fully saturated rings. The predicted octanol–water partition coefficient (Wildman–Crippen LogP) is 0.975. The quantitative estimate of drug-likeness (QED) is 0.463. The van der Waals surface area contributed by atoms with E-state index >= 15 is 0 Å². The van der Waals surface area contributed by atoms with Crippen LogP contribution in [-0.4, -0.2) is 30.6 Å². The second-order valence-electron chi connectivity index (χ2n) is 4.97. The molecule has 96 valence electrons. The van der Waals surface area contributed by atoms with Crippen LogP contribution in [0.1, 0.15) is 6.42 Å². The Bertz CT molecular complexity index is 491. The van der Waals surface area contributed by atoms with Crippen LogP contribution in [0.5, 0.6) is 0 Å². The van der Waals surface area contributed by atoms with Crippen molar-refractivity contribution in [1.82, 2.24) is 5.32 Å². The first-order chi connectivity index (χ1) is 8.66. The third-order valence-electron chi connectivity index (χ3n) is 3.98. The summed E-state index contributed by atoms with van der Waals surface area (Å²) in [5, 5.41) is 14.1. The van der Waals surface area contributed by atoms with E-state index in [0.29, 0.717) is 12.0 Å². The zero-order valence-corrected chi connectivity index (χ0v) is 10.0. The van der Waals surface area contributed by atoms with Crippen molar-refractivity contribution in [2.75, 3.05) is 30.3 Å². The number of fused-ring (bicyclic) bond motifs is 1. The number of nitrogens with one attached hydrogen (secondary N) is 1. The Morgan fingerprint density at radius 1 is 1.44 bits per heavy atom. The second kappa shape index (κ2) is 4.13. The summed E-state index contributed by atoms with van der Waals surface area (Å²) < 4.78 is 0. The maximum Gasteiger partial charge on any atom is 0.292 e. The number of anilines is 2. The molecule has 2 atom stereocenters. The monoisotopic (exact) mass is 248 g/mol. The van der Waals surface area contributed by atoms with Gasteiger partial charge in [-0.05, 0) is 24.5 Å². The lowest BCUT2D eigenvalue weighted by Crippen LogP contribution is -2.34. The third-order valence-corrected chi connectivity index (χ3v) is 3.98. The van der Waals surface area contributed by atoms with Crippen LogP contribution in [0, 0.1) is 16.0 Å². The normalized spacial score (nSPS) is 26.3. The van der Waals surface area contributed by atoms with Crippen molar-refractivity contribution >= 4 is 17.1 Å². The summed E-state index contributed by atoms with van der Waals surface area (Å²) in [5.74, 6) is 0.696. The first kappa shape index (κ1) is 11.3. The second-order valence-corrected chi connectivity index (χ2v) is 4.97. The fourth-order valence-corrected chi connectivity index (χ4v) is 3.06. The summed E-state index contributed by atoms with van der Waals surface area (Å²) in [6.45, 7) is 3.07. The van der Waals surface area contributed by atoms with Gasteiger partial charge in [0.15, 0.2) is 0 Å². The third kappa shape index (κ3) is 1.69. The van der Waals surface area contributed by atoms with Crippen molar-refractivity contribution in [2.24, 2.45) is 5.92 Å². The largest absolute Gasteiger partial charge is 0.393 e. The summed E-state index contributed by atoms with van der Waals surface area (Å²) in [6, 6.07) is 5.53. The fourth-order valence-electron chi connectivity index (χ4n) is 3.06. The highest BCUT2D eigenvalue weighted by atomic mass is 16.6. The maximum absolute atomic E-state index is 10.7. The van der Waals surface area contributed by atoms with E-state index in [2.05, 4.69) is 10.2 Å². The summed E-state index contributed by atoms with van der Waals surface area (Å²) in [6.07, 6.45) is 1.18. The van der Waals surface area contributed by atoms with E-state index in [-0.39, 0.29) is 11.4 Å². The van der Waals surface area contributed by atoms with Crippen molar-refractivity contribution in [1.29, 1.82) is 0 Å². The molecule has 0 saturated carbocycles. The number of nitrogens with zero attached hydrogens (tertiary/aromatic N) is 2. The Balaban J connectivity index is 1.89. The molecule has 0 unspecified atom stereocenters. The number of hydrogen-bond donors (Lipinski definition) is 2. The van der Waals surface area contributed by atoms with E-state index in [4.69, 9.17) is 5.73 Å². The Hall–Kier alpha value is -1.82. The molecule has 6 heteroatoms. The van der Waals surface area contributed by atoms with Crippen LogP contribution in [0.2, 0.25) is 0 Å². The number of benzene rings is 1. The highest BCUT2D eigenvalue weighted by Gasteiger charge is 2.37. The molecule has 0 amide bonds. The lowest BCUT2D eigenvalue weighted by molar-refractivity contribution is -0.383. The number of nitro benzene ring substituents is 1. The molecule has 0 radical (unpaired) electrons. The molecule has 1 aromatic carbocycles. The lowest BCUT2D eigenvalue weighted by Gasteiger charge is -2.25. The average Bonchev–Trinajstić information content (AvgIpc) is 2.89. The predicted molar refractivity (Wildman–Crippen MR) is 69.6 cm³/mol. The molecule has 0 spiro atoms. The Labute approximate surface area is 105 Å². The molecule has 2 aliphatic heterocycles. The molecule has 0 aliphatic carbocycles. The molecule has 18 heavy (non-hydrogen) atoms.